The van der Waals surface area contributed by atoms with Gasteiger partial charge < -0.3 is 10.2 Å². The average Bonchev–Trinajstić information content (AvgIpc) is 2.55. The molecule has 0 saturated carbocycles. The highest BCUT2D eigenvalue weighted by Crippen LogP contribution is 2.09. The first-order chi connectivity index (χ1) is 8.18. The van der Waals surface area contributed by atoms with Gasteiger partial charge in [0.15, 0.2) is 0 Å². The van der Waals surface area contributed by atoms with E-state index in [2.05, 4.69) is 42.7 Å². The van der Waals surface area contributed by atoms with Crippen LogP contribution in [-0.4, -0.2) is 48.6 Å². The molecule has 3 heteroatoms. The van der Waals surface area contributed by atoms with Gasteiger partial charge >= 0.3 is 0 Å². The van der Waals surface area contributed by atoms with E-state index in [1.807, 2.05) is 0 Å². The SMILES string of the molecule is CC(C)CCC(C)NCCN1CCCSCC1. The average molecular weight is 258 g/mol. The molecular formula is C14H30N2S. The maximum Gasteiger partial charge on any atom is 0.0107 e. The molecular weight excluding hydrogens is 228 g/mol. The minimum atomic E-state index is 0.679. The Morgan fingerprint density at radius 1 is 1.12 bits per heavy atom. The first-order valence-electron chi connectivity index (χ1n) is 7.22. The van der Waals surface area contributed by atoms with Gasteiger partial charge in [-0.15, -0.1) is 0 Å². The monoisotopic (exact) mass is 258 g/mol. The van der Waals surface area contributed by atoms with Crippen molar-refractivity contribution < 1.29 is 0 Å². The summed E-state index contributed by atoms with van der Waals surface area (Å²) in [7, 11) is 0. The van der Waals surface area contributed by atoms with Crippen LogP contribution in [0.2, 0.25) is 0 Å². The van der Waals surface area contributed by atoms with E-state index in [1.165, 1.54) is 50.4 Å². The van der Waals surface area contributed by atoms with Crippen molar-refractivity contribution in [3.63, 3.8) is 0 Å². The van der Waals surface area contributed by atoms with Gasteiger partial charge in [-0.25, -0.2) is 0 Å². The van der Waals surface area contributed by atoms with Crippen molar-refractivity contribution in [3.05, 3.63) is 0 Å². The van der Waals surface area contributed by atoms with Crippen molar-refractivity contribution in [2.75, 3.05) is 37.7 Å². The molecule has 1 N–H and O–H groups in total. The van der Waals surface area contributed by atoms with Crippen molar-refractivity contribution >= 4 is 11.8 Å². The van der Waals surface area contributed by atoms with E-state index < -0.39 is 0 Å². The van der Waals surface area contributed by atoms with Gasteiger partial charge in [0.1, 0.15) is 0 Å². The predicted molar refractivity (Wildman–Crippen MR) is 79.9 cm³/mol. The molecule has 0 aromatic carbocycles. The van der Waals surface area contributed by atoms with Crippen molar-refractivity contribution in [1.29, 1.82) is 0 Å². The van der Waals surface area contributed by atoms with Gasteiger partial charge in [0.2, 0.25) is 0 Å². The number of nitrogens with one attached hydrogen (secondary N) is 1. The quantitative estimate of drug-likeness (QED) is 0.756. The highest BCUT2D eigenvalue weighted by Gasteiger charge is 2.09. The van der Waals surface area contributed by atoms with Crippen LogP contribution in [0.25, 0.3) is 0 Å². The fraction of sp³-hybridized carbons (Fsp3) is 1.00. The maximum absolute atomic E-state index is 3.66. The van der Waals surface area contributed by atoms with Crippen LogP contribution < -0.4 is 5.32 Å². The van der Waals surface area contributed by atoms with Crippen LogP contribution in [0.4, 0.5) is 0 Å². The molecule has 0 aromatic rings. The molecule has 0 bridgehead atoms. The second kappa shape index (κ2) is 9.23. The van der Waals surface area contributed by atoms with E-state index in [9.17, 15) is 0 Å². The molecule has 1 fully saturated rings. The predicted octanol–water partition coefficient (Wildman–Crippen LogP) is 2.84. The highest BCUT2D eigenvalue weighted by atomic mass is 32.2. The Kier molecular flexibility index (Phi) is 8.33. The largest absolute Gasteiger partial charge is 0.313 e. The number of hydrogen-bond donors (Lipinski definition) is 1. The summed E-state index contributed by atoms with van der Waals surface area (Å²) in [5.41, 5.74) is 0. The lowest BCUT2D eigenvalue weighted by Crippen LogP contribution is -2.37. The zero-order chi connectivity index (χ0) is 12.5. The van der Waals surface area contributed by atoms with E-state index in [0.717, 1.165) is 12.5 Å². The van der Waals surface area contributed by atoms with Crippen molar-refractivity contribution in [3.8, 4) is 0 Å². The molecule has 1 aliphatic rings. The Labute approximate surface area is 112 Å². The fourth-order valence-electron chi connectivity index (χ4n) is 2.18. The highest BCUT2D eigenvalue weighted by molar-refractivity contribution is 7.99. The van der Waals surface area contributed by atoms with E-state index in [-0.39, 0.29) is 0 Å². The second-order valence-corrected chi connectivity index (χ2v) is 6.86. The van der Waals surface area contributed by atoms with Crippen LogP contribution in [0, 0.1) is 5.92 Å². The normalized spacial score (nSPS) is 20.5. The Bertz CT molecular complexity index is 177. The molecule has 1 aliphatic heterocycles. The van der Waals surface area contributed by atoms with Gasteiger partial charge in [0.05, 0.1) is 0 Å². The van der Waals surface area contributed by atoms with Gasteiger partial charge in [-0.2, -0.15) is 11.8 Å². The lowest BCUT2D eigenvalue weighted by atomic mass is 10.0. The summed E-state index contributed by atoms with van der Waals surface area (Å²) in [6, 6.07) is 0.679. The number of nitrogens with zero attached hydrogens (tertiary/aromatic N) is 1. The zero-order valence-electron chi connectivity index (χ0n) is 11.9. The first-order valence-corrected chi connectivity index (χ1v) is 8.37. The van der Waals surface area contributed by atoms with Crippen LogP contribution in [0.15, 0.2) is 0 Å². The van der Waals surface area contributed by atoms with Gasteiger partial charge in [-0.05, 0) is 44.4 Å². The third kappa shape index (κ3) is 8.06. The molecule has 1 atom stereocenters. The molecule has 1 rings (SSSR count). The molecule has 2 nitrogen and oxygen atoms in total. The summed E-state index contributed by atoms with van der Waals surface area (Å²) >= 11 is 2.11. The minimum Gasteiger partial charge on any atom is -0.313 e. The topological polar surface area (TPSA) is 15.3 Å². The summed E-state index contributed by atoms with van der Waals surface area (Å²) in [5, 5.41) is 3.66. The number of rotatable bonds is 7. The minimum absolute atomic E-state index is 0.679. The smallest absolute Gasteiger partial charge is 0.0107 e. The summed E-state index contributed by atoms with van der Waals surface area (Å²) < 4.78 is 0. The lowest BCUT2D eigenvalue weighted by Gasteiger charge is -2.21. The summed E-state index contributed by atoms with van der Waals surface area (Å²) in [5.74, 6) is 3.51. The first kappa shape index (κ1) is 15.3. The number of hydrogen-bond acceptors (Lipinski definition) is 3. The standard InChI is InChI=1S/C14H30N2S/c1-13(2)5-6-14(3)15-7-9-16-8-4-11-17-12-10-16/h13-15H,4-12H2,1-3H3. The van der Waals surface area contributed by atoms with Crippen molar-refractivity contribution in [2.24, 2.45) is 5.92 Å². The van der Waals surface area contributed by atoms with E-state index >= 15 is 0 Å². The maximum atomic E-state index is 3.66. The lowest BCUT2D eigenvalue weighted by molar-refractivity contribution is 0.287. The second-order valence-electron chi connectivity index (χ2n) is 5.63. The van der Waals surface area contributed by atoms with Crippen LogP contribution in [-0.2, 0) is 0 Å². The van der Waals surface area contributed by atoms with Gasteiger partial charge in [-0.3, -0.25) is 0 Å². The summed E-state index contributed by atoms with van der Waals surface area (Å²) in [6.45, 7) is 11.9. The van der Waals surface area contributed by atoms with E-state index in [1.54, 1.807) is 0 Å². The Morgan fingerprint density at radius 3 is 2.71 bits per heavy atom. The Balaban J connectivity index is 2.01. The van der Waals surface area contributed by atoms with Crippen LogP contribution in [0.5, 0.6) is 0 Å². The molecule has 1 unspecified atom stereocenters. The molecule has 1 heterocycles. The number of thioether (sulfide) groups is 1. The summed E-state index contributed by atoms with van der Waals surface area (Å²) in [6.07, 6.45) is 4.02. The molecule has 0 amide bonds. The van der Waals surface area contributed by atoms with E-state index in [0.29, 0.717) is 6.04 Å². The third-order valence-electron chi connectivity index (χ3n) is 3.41. The van der Waals surface area contributed by atoms with Gasteiger partial charge in [0, 0.05) is 31.4 Å². The Morgan fingerprint density at radius 2 is 1.94 bits per heavy atom. The third-order valence-corrected chi connectivity index (χ3v) is 4.46. The van der Waals surface area contributed by atoms with Gasteiger partial charge in [-0.1, -0.05) is 13.8 Å². The van der Waals surface area contributed by atoms with Gasteiger partial charge in [0.25, 0.3) is 0 Å². The molecule has 1 saturated heterocycles. The van der Waals surface area contributed by atoms with Crippen molar-refractivity contribution in [1.82, 2.24) is 10.2 Å². The molecule has 102 valence electrons. The fourth-order valence-corrected chi connectivity index (χ4v) is 3.10. The molecule has 17 heavy (non-hydrogen) atoms. The molecule has 0 aliphatic carbocycles. The van der Waals surface area contributed by atoms with Crippen LogP contribution in [0.1, 0.15) is 40.0 Å². The zero-order valence-corrected chi connectivity index (χ0v) is 12.7. The molecule has 0 aromatic heterocycles. The molecule has 0 spiro atoms. The van der Waals surface area contributed by atoms with Crippen LogP contribution in [0.3, 0.4) is 0 Å². The van der Waals surface area contributed by atoms with Crippen LogP contribution >= 0.6 is 11.8 Å². The van der Waals surface area contributed by atoms with Crippen molar-refractivity contribution in [2.45, 2.75) is 46.1 Å². The van der Waals surface area contributed by atoms with E-state index in [4.69, 9.17) is 0 Å². The Hall–Kier alpha value is 0.270. The molecule has 0 radical (unpaired) electrons. The summed E-state index contributed by atoms with van der Waals surface area (Å²) in [4.78, 5) is 2.61.